The molecule has 2 atom stereocenters. The summed E-state index contributed by atoms with van der Waals surface area (Å²) in [7, 11) is -3.90. The highest BCUT2D eigenvalue weighted by molar-refractivity contribution is 7.89. The molecule has 0 heterocycles. The van der Waals surface area contributed by atoms with Crippen LogP contribution in [0.1, 0.15) is 35.7 Å². The van der Waals surface area contributed by atoms with Crippen molar-refractivity contribution < 1.29 is 13.2 Å². The summed E-state index contributed by atoms with van der Waals surface area (Å²) in [6.45, 7) is 3.62. The van der Waals surface area contributed by atoms with E-state index in [2.05, 4.69) is 12.2 Å². The Balaban J connectivity index is 2.32. The van der Waals surface area contributed by atoms with Crippen LogP contribution in [0.15, 0.2) is 17.0 Å². The van der Waals surface area contributed by atoms with Gasteiger partial charge in [0, 0.05) is 16.6 Å². The van der Waals surface area contributed by atoms with Crippen LogP contribution in [0.4, 0.5) is 0 Å². The Hall–Kier alpha value is -1.11. The molecule has 3 N–H and O–H groups in total. The minimum Gasteiger partial charge on any atom is -0.349 e. The summed E-state index contributed by atoms with van der Waals surface area (Å²) in [4.78, 5) is 12.1. The molecule has 1 saturated carbocycles. The summed E-state index contributed by atoms with van der Waals surface area (Å²) >= 11 is 5.88. The van der Waals surface area contributed by atoms with E-state index in [1.807, 2.05) is 0 Å². The average molecular weight is 317 g/mol. The van der Waals surface area contributed by atoms with Gasteiger partial charge in [-0.05, 0) is 37.0 Å². The molecule has 1 amide bonds. The molecule has 0 saturated heterocycles. The maximum absolute atomic E-state index is 12.2. The summed E-state index contributed by atoms with van der Waals surface area (Å²) in [5.74, 6) is 0.201. The minimum absolute atomic E-state index is 0.113. The number of benzene rings is 1. The lowest BCUT2D eigenvalue weighted by atomic mass is 10.1. The molecular weight excluding hydrogens is 300 g/mol. The van der Waals surface area contributed by atoms with E-state index in [1.165, 1.54) is 12.1 Å². The zero-order valence-electron chi connectivity index (χ0n) is 11.3. The predicted molar refractivity (Wildman–Crippen MR) is 77.2 cm³/mol. The quantitative estimate of drug-likeness (QED) is 0.888. The molecule has 5 nitrogen and oxygen atoms in total. The van der Waals surface area contributed by atoms with Crippen LogP contribution in [0.2, 0.25) is 5.02 Å². The first kappa shape index (κ1) is 15.3. The first-order valence-corrected chi connectivity index (χ1v) is 8.30. The van der Waals surface area contributed by atoms with Crippen LogP contribution >= 0.6 is 11.6 Å². The van der Waals surface area contributed by atoms with Gasteiger partial charge >= 0.3 is 0 Å². The fourth-order valence-corrected chi connectivity index (χ4v) is 3.42. The third kappa shape index (κ3) is 3.13. The average Bonchev–Trinajstić information content (AvgIpc) is 3.08. The fourth-order valence-electron chi connectivity index (χ4n) is 2.31. The van der Waals surface area contributed by atoms with Gasteiger partial charge in [-0.1, -0.05) is 24.9 Å². The fraction of sp³-hybridized carbons (Fsp3) is 0.462. The Labute approximate surface area is 123 Å². The molecule has 20 heavy (non-hydrogen) atoms. The highest BCUT2D eigenvalue weighted by atomic mass is 35.5. The van der Waals surface area contributed by atoms with E-state index in [0.717, 1.165) is 12.8 Å². The molecule has 2 unspecified atom stereocenters. The van der Waals surface area contributed by atoms with Crippen LogP contribution in [-0.4, -0.2) is 20.4 Å². The van der Waals surface area contributed by atoms with E-state index in [1.54, 1.807) is 6.92 Å². The molecule has 0 spiro atoms. The number of nitrogens with two attached hydrogens (primary N) is 1. The van der Waals surface area contributed by atoms with Crippen molar-refractivity contribution >= 4 is 27.5 Å². The zero-order valence-corrected chi connectivity index (χ0v) is 12.9. The molecule has 110 valence electrons. The topological polar surface area (TPSA) is 89.3 Å². The number of carbonyl (C=O) groups excluding carboxylic acids is 1. The van der Waals surface area contributed by atoms with Gasteiger partial charge in [0.25, 0.3) is 5.91 Å². The van der Waals surface area contributed by atoms with Gasteiger partial charge in [0.2, 0.25) is 10.0 Å². The number of halogens is 1. The van der Waals surface area contributed by atoms with Crippen molar-refractivity contribution in [3.05, 3.63) is 28.3 Å². The number of primary sulfonamides is 1. The van der Waals surface area contributed by atoms with Gasteiger partial charge in [0.05, 0.1) is 4.90 Å². The lowest BCUT2D eigenvalue weighted by molar-refractivity contribution is 0.0948. The van der Waals surface area contributed by atoms with Crippen molar-refractivity contribution in [1.82, 2.24) is 5.32 Å². The molecule has 7 heteroatoms. The highest BCUT2D eigenvalue weighted by Gasteiger charge is 2.37. The summed E-state index contributed by atoms with van der Waals surface area (Å²) < 4.78 is 23.0. The highest BCUT2D eigenvalue weighted by Crippen LogP contribution is 2.33. The van der Waals surface area contributed by atoms with Crippen molar-refractivity contribution in [2.24, 2.45) is 11.1 Å². The van der Waals surface area contributed by atoms with Crippen molar-refractivity contribution in [3.63, 3.8) is 0 Å². The van der Waals surface area contributed by atoms with Gasteiger partial charge in [0.15, 0.2) is 0 Å². The van der Waals surface area contributed by atoms with Crippen LogP contribution in [0.25, 0.3) is 0 Å². The first-order chi connectivity index (χ1) is 9.24. The van der Waals surface area contributed by atoms with Gasteiger partial charge in [-0.3, -0.25) is 4.79 Å². The Kier molecular flexibility index (Phi) is 4.09. The second-order valence-electron chi connectivity index (χ2n) is 5.11. The van der Waals surface area contributed by atoms with Crippen LogP contribution < -0.4 is 10.5 Å². The van der Waals surface area contributed by atoms with E-state index in [-0.39, 0.29) is 27.4 Å². The SMILES string of the molecule is CCC1CC1NC(=O)c1cc(Cl)cc(S(N)(=O)=O)c1C. The maximum Gasteiger partial charge on any atom is 0.251 e. The van der Waals surface area contributed by atoms with Crippen LogP contribution in [0, 0.1) is 12.8 Å². The molecule has 1 aliphatic rings. The number of hydrogen-bond donors (Lipinski definition) is 2. The van der Waals surface area contributed by atoms with E-state index in [9.17, 15) is 13.2 Å². The standard InChI is InChI=1S/C13H17ClN2O3S/c1-3-8-4-11(8)16-13(17)10-5-9(14)6-12(7(10)2)20(15,18)19/h5-6,8,11H,3-4H2,1-2H3,(H,16,17)(H2,15,18,19). The monoisotopic (exact) mass is 316 g/mol. The third-order valence-corrected chi connectivity index (χ3v) is 4.89. The Morgan fingerprint density at radius 1 is 1.50 bits per heavy atom. The largest absolute Gasteiger partial charge is 0.349 e. The summed E-state index contributed by atoms with van der Waals surface area (Å²) in [5, 5.41) is 8.19. The number of sulfonamides is 1. The lowest BCUT2D eigenvalue weighted by Crippen LogP contribution is -2.28. The van der Waals surface area contributed by atoms with Crippen LogP contribution in [-0.2, 0) is 10.0 Å². The third-order valence-electron chi connectivity index (χ3n) is 3.64. The molecular formula is C13H17ClN2O3S. The van der Waals surface area contributed by atoms with Gasteiger partial charge < -0.3 is 5.32 Å². The van der Waals surface area contributed by atoms with Crippen molar-refractivity contribution in [3.8, 4) is 0 Å². The molecule has 0 aromatic heterocycles. The molecule has 2 rings (SSSR count). The maximum atomic E-state index is 12.2. The summed E-state index contributed by atoms with van der Waals surface area (Å²) in [6.07, 6.45) is 1.98. The Morgan fingerprint density at radius 2 is 2.15 bits per heavy atom. The molecule has 1 aliphatic carbocycles. The number of amides is 1. The molecule has 0 bridgehead atoms. The number of hydrogen-bond acceptors (Lipinski definition) is 3. The predicted octanol–water partition coefficient (Wildman–Crippen LogP) is 1.82. The van der Waals surface area contributed by atoms with Gasteiger partial charge in [-0.25, -0.2) is 13.6 Å². The smallest absolute Gasteiger partial charge is 0.251 e. The summed E-state index contributed by atoms with van der Waals surface area (Å²) in [6, 6.07) is 2.89. The van der Waals surface area contributed by atoms with Gasteiger partial charge in [-0.2, -0.15) is 0 Å². The molecule has 1 aromatic rings. The molecule has 1 fully saturated rings. The van der Waals surface area contributed by atoms with Crippen molar-refractivity contribution in [2.45, 2.75) is 37.6 Å². The van der Waals surface area contributed by atoms with Gasteiger partial charge in [-0.15, -0.1) is 0 Å². The number of nitrogens with one attached hydrogen (secondary N) is 1. The zero-order chi connectivity index (χ0) is 15.1. The van der Waals surface area contributed by atoms with Crippen molar-refractivity contribution in [1.29, 1.82) is 0 Å². The molecule has 0 radical (unpaired) electrons. The summed E-state index contributed by atoms with van der Waals surface area (Å²) in [5.41, 5.74) is 0.575. The normalized spacial score (nSPS) is 21.6. The van der Waals surface area contributed by atoms with Crippen LogP contribution in [0.3, 0.4) is 0 Å². The van der Waals surface area contributed by atoms with E-state index < -0.39 is 10.0 Å². The first-order valence-electron chi connectivity index (χ1n) is 6.37. The second-order valence-corrected chi connectivity index (χ2v) is 7.07. The number of rotatable bonds is 4. The van der Waals surface area contributed by atoms with E-state index in [4.69, 9.17) is 16.7 Å². The van der Waals surface area contributed by atoms with E-state index >= 15 is 0 Å². The Bertz CT molecular complexity index is 658. The van der Waals surface area contributed by atoms with Crippen LogP contribution in [0.5, 0.6) is 0 Å². The second kappa shape index (κ2) is 5.35. The van der Waals surface area contributed by atoms with E-state index in [0.29, 0.717) is 11.5 Å². The lowest BCUT2D eigenvalue weighted by Gasteiger charge is -2.11. The Morgan fingerprint density at radius 3 is 2.65 bits per heavy atom. The molecule has 0 aliphatic heterocycles. The molecule has 1 aromatic carbocycles. The number of carbonyl (C=O) groups is 1. The van der Waals surface area contributed by atoms with Crippen molar-refractivity contribution in [2.75, 3.05) is 0 Å². The van der Waals surface area contributed by atoms with Gasteiger partial charge in [0.1, 0.15) is 0 Å². The minimum atomic E-state index is -3.90.